The van der Waals surface area contributed by atoms with E-state index in [1.54, 1.807) is 0 Å². The van der Waals surface area contributed by atoms with Gasteiger partial charge in [0.15, 0.2) is 0 Å². The van der Waals surface area contributed by atoms with Gasteiger partial charge in [-0.3, -0.25) is 4.79 Å². The maximum atomic E-state index is 10.2. The Morgan fingerprint density at radius 2 is 1.91 bits per heavy atom. The lowest BCUT2D eigenvalue weighted by molar-refractivity contribution is -0.107. The van der Waals surface area contributed by atoms with Crippen molar-refractivity contribution in [3.63, 3.8) is 0 Å². The quantitative estimate of drug-likeness (QED) is 0.422. The van der Waals surface area contributed by atoms with Gasteiger partial charge in [0.1, 0.15) is 0 Å². The lowest BCUT2D eigenvalue weighted by Crippen LogP contribution is -1.77. The Morgan fingerprint density at radius 3 is 2.45 bits per heavy atom. The van der Waals surface area contributed by atoms with E-state index in [0.717, 1.165) is 5.56 Å². The lowest BCUT2D eigenvalue weighted by Gasteiger charge is -1.83. The van der Waals surface area contributed by atoms with Gasteiger partial charge in [-0.2, -0.15) is 0 Å². The van der Waals surface area contributed by atoms with Crippen LogP contribution in [0, 0.1) is 11.8 Å². The SMILES string of the molecule is O=C(Cl)C#Cc1ccccc1. The highest BCUT2D eigenvalue weighted by molar-refractivity contribution is 6.68. The van der Waals surface area contributed by atoms with Crippen LogP contribution in [0.15, 0.2) is 30.3 Å². The van der Waals surface area contributed by atoms with Crippen molar-refractivity contribution in [1.29, 1.82) is 0 Å². The molecule has 0 atom stereocenters. The van der Waals surface area contributed by atoms with Crippen molar-refractivity contribution in [2.75, 3.05) is 0 Å². The second-order valence-electron chi connectivity index (χ2n) is 1.89. The molecule has 1 nitrogen and oxygen atoms in total. The van der Waals surface area contributed by atoms with Gasteiger partial charge in [0, 0.05) is 5.56 Å². The highest BCUT2D eigenvalue weighted by Crippen LogP contribution is 1.94. The summed E-state index contributed by atoms with van der Waals surface area (Å²) >= 11 is 5.02. The molecular formula is C9H5ClO. The first-order chi connectivity index (χ1) is 5.29. The van der Waals surface area contributed by atoms with E-state index < -0.39 is 5.24 Å². The molecular weight excluding hydrogens is 160 g/mol. The van der Waals surface area contributed by atoms with E-state index in [1.807, 2.05) is 30.3 Å². The largest absolute Gasteiger partial charge is 0.296 e. The molecule has 0 aromatic heterocycles. The van der Waals surface area contributed by atoms with Crippen LogP contribution >= 0.6 is 11.6 Å². The molecule has 0 bridgehead atoms. The molecule has 0 N–H and O–H groups in total. The first kappa shape index (κ1) is 7.84. The van der Waals surface area contributed by atoms with E-state index in [0.29, 0.717) is 0 Å². The number of rotatable bonds is 0. The van der Waals surface area contributed by atoms with Gasteiger partial charge in [-0.25, -0.2) is 0 Å². The topological polar surface area (TPSA) is 17.1 Å². The van der Waals surface area contributed by atoms with Crippen molar-refractivity contribution in [2.24, 2.45) is 0 Å². The van der Waals surface area contributed by atoms with Crippen LogP contribution in [0.25, 0.3) is 0 Å². The number of hydrogen-bond acceptors (Lipinski definition) is 1. The van der Waals surface area contributed by atoms with E-state index in [4.69, 9.17) is 11.6 Å². The van der Waals surface area contributed by atoms with Crippen molar-refractivity contribution >= 4 is 16.8 Å². The molecule has 1 rings (SSSR count). The zero-order chi connectivity index (χ0) is 8.10. The summed E-state index contributed by atoms with van der Waals surface area (Å²) in [4.78, 5) is 10.2. The summed E-state index contributed by atoms with van der Waals surface area (Å²) in [5, 5.41) is -0.631. The number of carbonyl (C=O) groups is 1. The Bertz CT molecular complexity index is 305. The van der Waals surface area contributed by atoms with Crippen LogP contribution in [0.5, 0.6) is 0 Å². The summed E-state index contributed by atoms with van der Waals surface area (Å²) in [6.45, 7) is 0. The lowest BCUT2D eigenvalue weighted by atomic mass is 10.2. The van der Waals surface area contributed by atoms with Crippen molar-refractivity contribution in [1.82, 2.24) is 0 Å². The van der Waals surface area contributed by atoms with Gasteiger partial charge in [0.2, 0.25) is 0 Å². The molecule has 0 saturated carbocycles. The Morgan fingerprint density at radius 1 is 1.27 bits per heavy atom. The van der Waals surface area contributed by atoms with Crippen molar-refractivity contribution in [2.45, 2.75) is 0 Å². The van der Waals surface area contributed by atoms with Crippen LogP contribution in [-0.4, -0.2) is 5.24 Å². The highest BCUT2D eigenvalue weighted by Gasteiger charge is 1.84. The average Bonchev–Trinajstić information content (AvgIpc) is 2.03. The Labute approximate surface area is 70.0 Å². The first-order valence-electron chi connectivity index (χ1n) is 3.05. The van der Waals surface area contributed by atoms with Gasteiger partial charge >= 0.3 is 0 Å². The average molecular weight is 165 g/mol. The van der Waals surface area contributed by atoms with Gasteiger partial charge < -0.3 is 0 Å². The second kappa shape index (κ2) is 3.80. The third kappa shape index (κ3) is 2.88. The fraction of sp³-hybridized carbons (Fsp3) is 0. The summed E-state index contributed by atoms with van der Waals surface area (Å²) in [7, 11) is 0. The summed E-state index contributed by atoms with van der Waals surface area (Å²) in [5.74, 6) is 4.85. The fourth-order valence-corrected chi connectivity index (χ4v) is 0.690. The van der Waals surface area contributed by atoms with E-state index in [-0.39, 0.29) is 0 Å². The number of halogens is 1. The van der Waals surface area contributed by atoms with Gasteiger partial charge in [-0.1, -0.05) is 24.1 Å². The molecule has 0 aliphatic heterocycles. The van der Waals surface area contributed by atoms with Gasteiger partial charge in [-0.05, 0) is 29.7 Å². The predicted octanol–water partition coefficient (Wildman–Crippen LogP) is 1.80. The van der Waals surface area contributed by atoms with Gasteiger partial charge in [0.25, 0.3) is 5.24 Å². The molecule has 0 aliphatic carbocycles. The minimum atomic E-state index is -0.631. The summed E-state index contributed by atoms with van der Waals surface area (Å²) < 4.78 is 0. The predicted molar refractivity (Wildman–Crippen MR) is 44.2 cm³/mol. The minimum absolute atomic E-state index is 0.631. The molecule has 0 unspecified atom stereocenters. The van der Waals surface area contributed by atoms with E-state index in [1.165, 1.54) is 0 Å². The molecule has 0 fully saturated rings. The van der Waals surface area contributed by atoms with Crippen LogP contribution < -0.4 is 0 Å². The maximum Gasteiger partial charge on any atom is 0.296 e. The van der Waals surface area contributed by atoms with Crippen molar-refractivity contribution < 1.29 is 4.79 Å². The van der Waals surface area contributed by atoms with E-state index in [9.17, 15) is 4.79 Å². The Kier molecular flexibility index (Phi) is 2.71. The van der Waals surface area contributed by atoms with Crippen LogP contribution in [0.4, 0.5) is 0 Å². The molecule has 0 aliphatic rings. The molecule has 0 heterocycles. The maximum absolute atomic E-state index is 10.2. The standard InChI is InChI=1S/C9H5ClO/c10-9(11)7-6-8-4-2-1-3-5-8/h1-5H. The van der Waals surface area contributed by atoms with Crippen molar-refractivity contribution in [3.8, 4) is 11.8 Å². The Hall–Kier alpha value is -1.26. The minimum Gasteiger partial charge on any atom is -0.266 e. The first-order valence-corrected chi connectivity index (χ1v) is 3.43. The fourth-order valence-electron chi connectivity index (χ4n) is 0.643. The summed E-state index contributed by atoms with van der Waals surface area (Å²) in [6, 6.07) is 9.21. The molecule has 0 radical (unpaired) electrons. The molecule has 11 heavy (non-hydrogen) atoms. The van der Waals surface area contributed by atoms with Crippen molar-refractivity contribution in [3.05, 3.63) is 35.9 Å². The van der Waals surface area contributed by atoms with Crippen LogP contribution in [0.3, 0.4) is 0 Å². The number of hydrogen-bond donors (Lipinski definition) is 0. The van der Waals surface area contributed by atoms with Crippen LogP contribution in [0.1, 0.15) is 5.56 Å². The van der Waals surface area contributed by atoms with E-state index in [2.05, 4.69) is 11.8 Å². The van der Waals surface area contributed by atoms with Crippen LogP contribution in [-0.2, 0) is 4.79 Å². The number of carbonyl (C=O) groups excluding carboxylic acids is 1. The summed E-state index contributed by atoms with van der Waals surface area (Å²) in [6.07, 6.45) is 0. The second-order valence-corrected chi connectivity index (χ2v) is 2.23. The van der Waals surface area contributed by atoms with Gasteiger partial charge in [-0.15, -0.1) is 0 Å². The highest BCUT2D eigenvalue weighted by atomic mass is 35.5. The number of benzene rings is 1. The zero-order valence-electron chi connectivity index (χ0n) is 5.67. The molecule has 2 heteroatoms. The normalized spacial score (nSPS) is 8.09. The Balaban J connectivity index is 2.83. The monoisotopic (exact) mass is 164 g/mol. The zero-order valence-corrected chi connectivity index (χ0v) is 6.43. The molecule has 1 aromatic carbocycles. The van der Waals surface area contributed by atoms with Crippen LogP contribution in [0.2, 0.25) is 0 Å². The molecule has 0 spiro atoms. The smallest absolute Gasteiger partial charge is 0.266 e. The van der Waals surface area contributed by atoms with E-state index >= 15 is 0 Å². The molecule has 1 aromatic rings. The van der Waals surface area contributed by atoms with Gasteiger partial charge in [0.05, 0.1) is 0 Å². The molecule has 0 saturated heterocycles. The molecule has 0 amide bonds. The molecule has 54 valence electrons. The summed E-state index contributed by atoms with van der Waals surface area (Å²) in [5.41, 5.74) is 0.793. The third-order valence-corrected chi connectivity index (χ3v) is 1.17. The third-order valence-electron chi connectivity index (χ3n) is 1.08.